The first-order chi connectivity index (χ1) is 11.3. The van der Waals surface area contributed by atoms with Gasteiger partial charge >= 0.3 is 0 Å². The normalized spacial score (nSPS) is 14.0. The highest BCUT2D eigenvalue weighted by Crippen LogP contribution is 2.39. The summed E-state index contributed by atoms with van der Waals surface area (Å²) in [6.45, 7) is 4.51. The number of benzene rings is 1. The van der Waals surface area contributed by atoms with Gasteiger partial charge in [-0.2, -0.15) is 5.10 Å². The van der Waals surface area contributed by atoms with E-state index >= 15 is 0 Å². The number of carbonyl (C=O) groups is 1. The Bertz CT molecular complexity index is 646. The van der Waals surface area contributed by atoms with Crippen molar-refractivity contribution in [2.45, 2.75) is 32.1 Å². The summed E-state index contributed by atoms with van der Waals surface area (Å²) in [6.07, 6.45) is 3.45. The predicted molar refractivity (Wildman–Crippen MR) is 91.0 cm³/mol. The third kappa shape index (κ3) is 3.99. The van der Waals surface area contributed by atoms with E-state index in [4.69, 9.17) is 0 Å². The maximum atomic E-state index is 12.5. The van der Waals surface area contributed by atoms with Crippen molar-refractivity contribution in [1.82, 2.24) is 20.4 Å². The highest BCUT2D eigenvalue weighted by Gasteiger charge is 2.28. The molecule has 0 unspecified atom stereocenters. The highest BCUT2D eigenvalue weighted by molar-refractivity contribution is 5.93. The van der Waals surface area contributed by atoms with Gasteiger partial charge in [-0.1, -0.05) is 25.1 Å². The first-order valence-corrected chi connectivity index (χ1v) is 8.44. The Morgan fingerprint density at radius 1 is 1.22 bits per heavy atom. The highest BCUT2D eigenvalue weighted by atomic mass is 16.2. The van der Waals surface area contributed by atoms with Crippen molar-refractivity contribution in [2.75, 3.05) is 19.6 Å². The number of nitrogens with one attached hydrogen (secondary N) is 2. The molecule has 1 amide bonds. The lowest BCUT2D eigenvalue weighted by Crippen LogP contribution is -2.33. The lowest BCUT2D eigenvalue weighted by molar-refractivity contribution is 0.0946. The monoisotopic (exact) mass is 312 g/mol. The van der Waals surface area contributed by atoms with Crippen LogP contribution in [0, 0.1) is 0 Å². The Hall–Kier alpha value is -2.14. The smallest absolute Gasteiger partial charge is 0.270 e. The average molecular weight is 312 g/mol. The Kier molecular flexibility index (Phi) is 5.08. The van der Waals surface area contributed by atoms with Crippen LogP contribution in [0.4, 0.5) is 0 Å². The Morgan fingerprint density at radius 3 is 2.70 bits per heavy atom. The van der Waals surface area contributed by atoms with Crippen LogP contribution < -0.4 is 10.6 Å². The lowest BCUT2D eigenvalue weighted by Gasteiger charge is -2.08. The van der Waals surface area contributed by atoms with Crippen LogP contribution >= 0.6 is 0 Å². The summed E-state index contributed by atoms with van der Waals surface area (Å²) in [5, 5.41) is 10.9. The lowest BCUT2D eigenvalue weighted by atomic mass is 10.2. The van der Waals surface area contributed by atoms with Gasteiger partial charge in [0.1, 0.15) is 5.69 Å². The van der Waals surface area contributed by atoms with Crippen LogP contribution in [0.25, 0.3) is 5.69 Å². The van der Waals surface area contributed by atoms with Crippen molar-refractivity contribution < 1.29 is 4.79 Å². The van der Waals surface area contributed by atoms with E-state index < -0.39 is 0 Å². The Labute approximate surface area is 137 Å². The van der Waals surface area contributed by atoms with E-state index in [0.717, 1.165) is 30.9 Å². The van der Waals surface area contributed by atoms with E-state index in [0.29, 0.717) is 18.2 Å². The van der Waals surface area contributed by atoms with Crippen molar-refractivity contribution in [3.8, 4) is 5.69 Å². The zero-order valence-corrected chi connectivity index (χ0v) is 13.6. The molecule has 1 aromatic carbocycles. The first-order valence-electron chi connectivity index (χ1n) is 8.44. The zero-order chi connectivity index (χ0) is 16.1. The van der Waals surface area contributed by atoms with Crippen molar-refractivity contribution in [3.63, 3.8) is 0 Å². The largest absolute Gasteiger partial charge is 0.349 e. The molecule has 0 aliphatic heterocycles. The number of aromatic nitrogens is 2. The number of para-hydroxylation sites is 1. The number of amides is 1. The summed E-state index contributed by atoms with van der Waals surface area (Å²) in [5.74, 6) is 0.462. The minimum atomic E-state index is -0.0634. The van der Waals surface area contributed by atoms with Crippen LogP contribution in [-0.2, 0) is 0 Å². The topological polar surface area (TPSA) is 58.9 Å². The quantitative estimate of drug-likeness (QED) is 0.736. The minimum Gasteiger partial charge on any atom is -0.349 e. The van der Waals surface area contributed by atoms with Gasteiger partial charge in [0, 0.05) is 19.0 Å². The minimum absolute atomic E-state index is 0.0634. The Balaban J connectivity index is 1.73. The van der Waals surface area contributed by atoms with Crippen molar-refractivity contribution in [3.05, 3.63) is 47.8 Å². The summed E-state index contributed by atoms with van der Waals surface area (Å²) in [5.41, 5.74) is 2.57. The number of nitrogens with zero attached hydrogens (tertiary/aromatic N) is 2. The second-order valence-corrected chi connectivity index (χ2v) is 5.98. The van der Waals surface area contributed by atoms with E-state index in [1.165, 1.54) is 12.8 Å². The molecule has 0 radical (unpaired) electrons. The maximum Gasteiger partial charge on any atom is 0.270 e. The Morgan fingerprint density at radius 2 is 2.00 bits per heavy atom. The standard InChI is InChI=1S/C18H24N4O/c1-2-10-19-11-12-20-18(23)17-13-16(14-8-9-14)21-22(17)15-6-4-3-5-7-15/h3-7,13-14,19H,2,8-12H2,1H3,(H,20,23). The second-order valence-electron chi connectivity index (χ2n) is 5.98. The molecule has 0 spiro atoms. The second kappa shape index (κ2) is 7.42. The number of carbonyl (C=O) groups excluding carboxylic acids is 1. The number of hydrogen-bond donors (Lipinski definition) is 2. The third-order valence-corrected chi connectivity index (χ3v) is 3.97. The SMILES string of the molecule is CCCNCCNC(=O)c1cc(C2CC2)nn1-c1ccccc1. The van der Waals surface area contributed by atoms with E-state index in [1.807, 2.05) is 36.4 Å². The molecule has 3 rings (SSSR count). The molecule has 2 aromatic rings. The molecule has 1 heterocycles. The molecular weight excluding hydrogens is 288 g/mol. The van der Waals surface area contributed by atoms with Crippen LogP contribution in [0.15, 0.2) is 36.4 Å². The molecule has 1 aliphatic carbocycles. The van der Waals surface area contributed by atoms with E-state index in [-0.39, 0.29) is 5.91 Å². The van der Waals surface area contributed by atoms with Gasteiger partial charge < -0.3 is 10.6 Å². The predicted octanol–water partition coefficient (Wildman–Crippen LogP) is 2.48. The average Bonchev–Trinajstić information content (AvgIpc) is 3.34. The van der Waals surface area contributed by atoms with Gasteiger partial charge in [0.15, 0.2) is 0 Å². The van der Waals surface area contributed by atoms with E-state index in [2.05, 4.69) is 22.7 Å². The fraction of sp³-hybridized carbons (Fsp3) is 0.444. The van der Waals surface area contributed by atoms with Gasteiger partial charge in [0.25, 0.3) is 5.91 Å². The molecule has 0 atom stereocenters. The van der Waals surface area contributed by atoms with E-state index in [9.17, 15) is 4.79 Å². The number of hydrogen-bond acceptors (Lipinski definition) is 3. The van der Waals surface area contributed by atoms with Crippen LogP contribution in [0.1, 0.15) is 48.3 Å². The molecule has 0 saturated heterocycles. The summed E-state index contributed by atoms with van der Waals surface area (Å²) in [4.78, 5) is 12.5. The fourth-order valence-corrected chi connectivity index (χ4v) is 2.56. The third-order valence-electron chi connectivity index (χ3n) is 3.97. The molecule has 23 heavy (non-hydrogen) atoms. The van der Waals surface area contributed by atoms with Crippen LogP contribution in [0.5, 0.6) is 0 Å². The zero-order valence-electron chi connectivity index (χ0n) is 13.6. The van der Waals surface area contributed by atoms with E-state index in [1.54, 1.807) is 4.68 Å². The van der Waals surface area contributed by atoms with Crippen molar-refractivity contribution in [1.29, 1.82) is 0 Å². The van der Waals surface area contributed by atoms with Gasteiger partial charge in [-0.25, -0.2) is 4.68 Å². The molecule has 5 heteroatoms. The molecule has 122 valence electrons. The molecule has 2 N–H and O–H groups in total. The molecule has 5 nitrogen and oxygen atoms in total. The van der Waals surface area contributed by atoms with Gasteiger partial charge in [-0.3, -0.25) is 4.79 Å². The molecule has 1 fully saturated rings. The molecular formula is C18H24N4O. The fourth-order valence-electron chi connectivity index (χ4n) is 2.56. The van der Waals surface area contributed by atoms with Gasteiger partial charge in [0.2, 0.25) is 0 Å². The van der Waals surface area contributed by atoms with Crippen molar-refractivity contribution in [2.24, 2.45) is 0 Å². The molecule has 0 bridgehead atoms. The summed E-state index contributed by atoms with van der Waals surface area (Å²) >= 11 is 0. The van der Waals surface area contributed by atoms with Crippen LogP contribution in [-0.4, -0.2) is 35.3 Å². The van der Waals surface area contributed by atoms with Crippen LogP contribution in [0.2, 0.25) is 0 Å². The van der Waals surface area contributed by atoms with Crippen LogP contribution in [0.3, 0.4) is 0 Å². The first kappa shape index (κ1) is 15.7. The summed E-state index contributed by atoms with van der Waals surface area (Å²) in [7, 11) is 0. The number of rotatable bonds is 8. The summed E-state index contributed by atoms with van der Waals surface area (Å²) in [6, 6.07) is 11.8. The molecule has 1 aliphatic rings. The molecule has 1 aromatic heterocycles. The van der Waals surface area contributed by atoms with Gasteiger partial charge in [-0.05, 0) is 44.0 Å². The van der Waals surface area contributed by atoms with Gasteiger partial charge in [-0.15, -0.1) is 0 Å². The maximum absolute atomic E-state index is 12.5. The van der Waals surface area contributed by atoms with Gasteiger partial charge in [0.05, 0.1) is 11.4 Å². The summed E-state index contributed by atoms with van der Waals surface area (Å²) < 4.78 is 1.77. The molecule has 1 saturated carbocycles. The van der Waals surface area contributed by atoms with Crippen molar-refractivity contribution >= 4 is 5.91 Å².